The molecule has 3 aromatic carbocycles. The molecule has 0 N–H and O–H groups in total. The first-order valence-corrected chi connectivity index (χ1v) is 12.4. The first-order chi connectivity index (χ1) is 17.8. The molecular weight excluding hydrogens is 541 g/mol. The van der Waals surface area contributed by atoms with E-state index in [1.54, 1.807) is 60.7 Å². The summed E-state index contributed by atoms with van der Waals surface area (Å²) >= 11 is 13.0. The van der Waals surface area contributed by atoms with E-state index in [9.17, 15) is 14.4 Å². The molecular formula is C26H17Cl2NO7S. The lowest BCUT2D eigenvalue weighted by Crippen LogP contribution is -2.27. The number of methoxy groups -OCH3 is 1. The molecule has 0 atom stereocenters. The maximum Gasteiger partial charge on any atom is 0.343 e. The smallest absolute Gasteiger partial charge is 0.343 e. The van der Waals surface area contributed by atoms with Gasteiger partial charge in [-0.05, 0) is 71.4 Å². The second-order valence-electron chi connectivity index (χ2n) is 7.87. The second-order valence-corrected chi connectivity index (χ2v) is 9.71. The van der Waals surface area contributed by atoms with Crippen LogP contribution in [-0.4, -0.2) is 35.9 Å². The summed E-state index contributed by atoms with van der Waals surface area (Å²) in [6.45, 7) is 0.0579. The zero-order valence-electron chi connectivity index (χ0n) is 19.2. The number of carbonyl (C=O) groups excluding carboxylic acids is 3. The Bertz CT molecular complexity index is 1460. The van der Waals surface area contributed by atoms with Gasteiger partial charge >= 0.3 is 5.97 Å². The van der Waals surface area contributed by atoms with Crippen molar-refractivity contribution in [2.45, 2.75) is 6.54 Å². The lowest BCUT2D eigenvalue weighted by Gasteiger charge is -2.14. The highest BCUT2D eigenvalue weighted by atomic mass is 35.5. The van der Waals surface area contributed by atoms with E-state index < -0.39 is 17.1 Å². The van der Waals surface area contributed by atoms with E-state index in [0.29, 0.717) is 44.0 Å². The number of imide groups is 1. The molecule has 0 saturated carbocycles. The number of ether oxygens (including phenoxy) is 4. The van der Waals surface area contributed by atoms with Crippen LogP contribution in [0.5, 0.6) is 23.0 Å². The van der Waals surface area contributed by atoms with Gasteiger partial charge in [-0.1, -0.05) is 29.3 Å². The number of benzene rings is 3. The average Bonchev–Trinajstić information content (AvgIpc) is 3.43. The van der Waals surface area contributed by atoms with Crippen molar-refractivity contribution < 1.29 is 33.3 Å². The highest BCUT2D eigenvalue weighted by molar-refractivity contribution is 8.18. The third-order valence-corrected chi connectivity index (χ3v) is 7.02. The number of nitrogens with zero attached hydrogens (tertiary/aromatic N) is 1. The van der Waals surface area contributed by atoms with E-state index in [0.717, 1.165) is 16.7 Å². The Kier molecular flexibility index (Phi) is 7.01. The minimum Gasteiger partial charge on any atom is -0.493 e. The number of hydrogen-bond donors (Lipinski definition) is 0. The fourth-order valence-corrected chi connectivity index (χ4v) is 4.82. The summed E-state index contributed by atoms with van der Waals surface area (Å²) in [6, 6.07) is 14.3. The third kappa shape index (κ3) is 5.24. The minimum absolute atomic E-state index is 0.0238. The summed E-state index contributed by atoms with van der Waals surface area (Å²) in [5.74, 6) is 0.413. The molecule has 5 rings (SSSR count). The van der Waals surface area contributed by atoms with Gasteiger partial charge in [0.1, 0.15) is 0 Å². The Hall–Kier alpha value is -3.66. The van der Waals surface area contributed by atoms with Crippen molar-refractivity contribution in [1.29, 1.82) is 0 Å². The van der Waals surface area contributed by atoms with Gasteiger partial charge in [-0.15, -0.1) is 0 Å². The van der Waals surface area contributed by atoms with Crippen LogP contribution in [0.2, 0.25) is 10.0 Å². The molecule has 37 heavy (non-hydrogen) atoms. The van der Waals surface area contributed by atoms with Gasteiger partial charge in [0.15, 0.2) is 23.0 Å². The standard InChI is InChI=1S/C26H17Cl2NO7S/c1-33-19-7-2-14(8-22(19)36-25(31)15-3-5-17(27)6-4-15)9-23-24(30)29(26(32)37-23)12-16-10-20-21(11-18(16)28)35-13-34-20/h2-11H,12-13H2,1H3/b23-9-. The van der Waals surface area contributed by atoms with E-state index in [1.807, 2.05) is 0 Å². The van der Waals surface area contributed by atoms with Crippen molar-refractivity contribution in [3.8, 4) is 23.0 Å². The van der Waals surface area contributed by atoms with E-state index in [-0.39, 0.29) is 24.0 Å². The van der Waals surface area contributed by atoms with E-state index in [2.05, 4.69) is 0 Å². The van der Waals surface area contributed by atoms with Crippen LogP contribution in [0.1, 0.15) is 21.5 Å². The van der Waals surface area contributed by atoms with Crippen LogP contribution in [0.15, 0.2) is 59.5 Å². The third-order valence-electron chi connectivity index (χ3n) is 5.51. The maximum atomic E-state index is 13.1. The summed E-state index contributed by atoms with van der Waals surface area (Å²) in [4.78, 5) is 39.6. The number of amides is 2. The molecule has 2 amide bonds. The molecule has 0 aliphatic carbocycles. The molecule has 0 bridgehead atoms. The SMILES string of the molecule is COc1ccc(/C=C2\SC(=O)N(Cc3cc4c(cc3Cl)OCO4)C2=O)cc1OC(=O)c1ccc(Cl)cc1. The Morgan fingerprint density at radius 2 is 1.76 bits per heavy atom. The summed E-state index contributed by atoms with van der Waals surface area (Å²) in [7, 11) is 1.45. The molecule has 2 aliphatic rings. The second kappa shape index (κ2) is 10.4. The monoisotopic (exact) mass is 557 g/mol. The highest BCUT2D eigenvalue weighted by Crippen LogP contribution is 2.40. The molecule has 8 nitrogen and oxygen atoms in total. The summed E-state index contributed by atoms with van der Waals surface area (Å²) in [5.41, 5.74) is 1.39. The van der Waals surface area contributed by atoms with Gasteiger partial charge in [0.25, 0.3) is 11.1 Å². The molecule has 0 spiro atoms. The van der Waals surface area contributed by atoms with E-state index in [4.69, 9.17) is 42.1 Å². The zero-order chi connectivity index (χ0) is 26.1. The number of rotatable bonds is 6. The summed E-state index contributed by atoms with van der Waals surface area (Å²) in [5, 5.41) is 0.410. The van der Waals surface area contributed by atoms with Gasteiger partial charge in [-0.3, -0.25) is 14.5 Å². The van der Waals surface area contributed by atoms with E-state index in [1.165, 1.54) is 7.11 Å². The first kappa shape index (κ1) is 25.0. The van der Waals surface area contributed by atoms with Crippen LogP contribution in [-0.2, 0) is 11.3 Å². The number of fused-ring (bicyclic) bond motifs is 1. The van der Waals surface area contributed by atoms with Crippen molar-refractivity contribution in [2.75, 3.05) is 13.9 Å². The Balaban J connectivity index is 1.36. The van der Waals surface area contributed by atoms with Crippen molar-refractivity contribution in [1.82, 2.24) is 4.90 Å². The lowest BCUT2D eigenvalue weighted by atomic mass is 10.1. The van der Waals surface area contributed by atoms with Gasteiger partial charge < -0.3 is 18.9 Å². The zero-order valence-corrected chi connectivity index (χ0v) is 21.5. The van der Waals surface area contributed by atoms with Gasteiger partial charge in [0.05, 0.1) is 24.1 Å². The van der Waals surface area contributed by atoms with Crippen LogP contribution < -0.4 is 18.9 Å². The van der Waals surface area contributed by atoms with Crippen LogP contribution >= 0.6 is 35.0 Å². The number of carbonyl (C=O) groups is 3. The predicted octanol–water partition coefficient (Wildman–Crippen LogP) is 6.19. The van der Waals surface area contributed by atoms with Crippen LogP contribution in [0, 0.1) is 0 Å². The minimum atomic E-state index is -0.604. The van der Waals surface area contributed by atoms with Crippen LogP contribution in [0.25, 0.3) is 6.08 Å². The molecule has 3 aromatic rings. The fraction of sp³-hybridized carbons (Fsp3) is 0.115. The molecule has 1 fully saturated rings. The predicted molar refractivity (Wildman–Crippen MR) is 138 cm³/mol. The molecule has 1 saturated heterocycles. The highest BCUT2D eigenvalue weighted by Gasteiger charge is 2.36. The number of esters is 1. The number of halogens is 2. The van der Waals surface area contributed by atoms with Crippen molar-refractivity contribution >= 4 is 58.2 Å². The Morgan fingerprint density at radius 1 is 1.03 bits per heavy atom. The van der Waals surface area contributed by atoms with Gasteiger partial charge in [-0.25, -0.2) is 4.79 Å². The summed E-state index contributed by atoms with van der Waals surface area (Å²) < 4.78 is 21.5. The Labute approximate surface area is 225 Å². The first-order valence-electron chi connectivity index (χ1n) is 10.8. The van der Waals surface area contributed by atoms with Gasteiger partial charge in [-0.2, -0.15) is 0 Å². The molecule has 11 heteroatoms. The van der Waals surface area contributed by atoms with Gasteiger partial charge in [0.2, 0.25) is 6.79 Å². The molecule has 188 valence electrons. The average molecular weight is 558 g/mol. The topological polar surface area (TPSA) is 91.4 Å². The molecule has 0 radical (unpaired) electrons. The summed E-state index contributed by atoms with van der Waals surface area (Å²) in [6.07, 6.45) is 1.55. The van der Waals surface area contributed by atoms with Crippen molar-refractivity contribution in [3.63, 3.8) is 0 Å². The maximum absolute atomic E-state index is 13.1. The van der Waals surface area contributed by atoms with Crippen molar-refractivity contribution in [3.05, 3.63) is 86.2 Å². The Morgan fingerprint density at radius 3 is 2.49 bits per heavy atom. The van der Waals surface area contributed by atoms with Crippen LogP contribution in [0.3, 0.4) is 0 Å². The molecule has 0 unspecified atom stereocenters. The quantitative estimate of drug-likeness (QED) is 0.201. The number of thioether (sulfide) groups is 1. The fourth-order valence-electron chi connectivity index (χ4n) is 3.65. The largest absolute Gasteiger partial charge is 0.493 e. The van der Waals surface area contributed by atoms with Crippen molar-refractivity contribution in [2.24, 2.45) is 0 Å². The normalized spacial score (nSPS) is 15.4. The number of hydrogen-bond acceptors (Lipinski definition) is 8. The molecule has 2 aliphatic heterocycles. The molecule has 0 aromatic heterocycles. The van der Waals surface area contributed by atoms with Crippen LogP contribution in [0.4, 0.5) is 4.79 Å². The lowest BCUT2D eigenvalue weighted by molar-refractivity contribution is -0.123. The van der Waals surface area contributed by atoms with Gasteiger partial charge in [0, 0.05) is 16.1 Å². The van der Waals surface area contributed by atoms with E-state index >= 15 is 0 Å². The molecule has 2 heterocycles.